The van der Waals surface area contributed by atoms with Crippen molar-refractivity contribution in [3.8, 4) is 0 Å². The van der Waals surface area contributed by atoms with E-state index in [1.807, 2.05) is 24.3 Å². The first kappa shape index (κ1) is 12.8. The zero-order chi connectivity index (χ0) is 13.7. The number of carbonyl (C=O) groups excluding carboxylic acids is 1. The summed E-state index contributed by atoms with van der Waals surface area (Å²) >= 11 is 0. The highest BCUT2D eigenvalue weighted by atomic mass is 16.5. The van der Waals surface area contributed by atoms with Gasteiger partial charge in [-0.2, -0.15) is 0 Å². The molecule has 0 amide bonds. The van der Waals surface area contributed by atoms with Crippen molar-refractivity contribution >= 4 is 17.5 Å². The van der Waals surface area contributed by atoms with E-state index >= 15 is 0 Å². The summed E-state index contributed by atoms with van der Waals surface area (Å²) in [6, 6.07) is 9.21. The Morgan fingerprint density at radius 2 is 2.16 bits per heavy atom. The molecule has 6 heteroatoms. The van der Waals surface area contributed by atoms with E-state index in [1.165, 1.54) is 13.3 Å². The van der Waals surface area contributed by atoms with Gasteiger partial charge in [0.05, 0.1) is 7.11 Å². The number of rotatable bonds is 4. The SMILES string of the molecule is COC(=O)c1nccc(NCc2ccccc2N)n1. The number of nitrogens with one attached hydrogen (secondary N) is 1. The van der Waals surface area contributed by atoms with Crippen LogP contribution in [0.1, 0.15) is 16.2 Å². The molecule has 0 bridgehead atoms. The van der Waals surface area contributed by atoms with Crippen molar-refractivity contribution in [3.05, 3.63) is 47.9 Å². The second-order valence-electron chi connectivity index (χ2n) is 3.81. The maximum absolute atomic E-state index is 11.3. The highest BCUT2D eigenvalue weighted by molar-refractivity contribution is 5.85. The smallest absolute Gasteiger partial charge is 0.376 e. The van der Waals surface area contributed by atoms with E-state index in [4.69, 9.17) is 5.73 Å². The van der Waals surface area contributed by atoms with Crippen molar-refractivity contribution in [2.75, 3.05) is 18.2 Å². The second-order valence-corrected chi connectivity index (χ2v) is 3.81. The first-order valence-corrected chi connectivity index (χ1v) is 5.69. The summed E-state index contributed by atoms with van der Waals surface area (Å²) in [6.45, 7) is 0.518. The average Bonchev–Trinajstić information content (AvgIpc) is 2.46. The lowest BCUT2D eigenvalue weighted by molar-refractivity contribution is 0.0587. The van der Waals surface area contributed by atoms with Gasteiger partial charge in [-0.25, -0.2) is 14.8 Å². The third-order valence-electron chi connectivity index (χ3n) is 2.54. The molecule has 2 aromatic rings. The average molecular weight is 258 g/mol. The van der Waals surface area contributed by atoms with E-state index in [0.29, 0.717) is 18.1 Å². The van der Waals surface area contributed by atoms with Crippen LogP contribution >= 0.6 is 0 Å². The Kier molecular flexibility index (Phi) is 3.92. The number of hydrogen-bond acceptors (Lipinski definition) is 6. The fourth-order valence-corrected chi connectivity index (χ4v) is 1.53. The number of esters is 1. The molecule has 0 saturated carbocycles. The summed E-state index contributed by atoms with van der Waals surface area (Å²) < 4.78 is 4.56. The summed E-state index contributed by atoms with van der Waals surface area (Å²) in [4.78, 5) is 19.2. The van der Waals surface area contributed by atoms with Gasteiger partial charge in [0.15, 0.2) is 0 Å². The molecule has 0 atom stereocenters. The number of nitrogens with zero attached hydrogens (tertiary/aromatic N) is 2. The molecule has 0 unspecified atom stereocenters. The minimum Gasteiger partial charge on any atom is -0.463 e. The number of benzene rings is 1. The van der Waals surface area contributed by atoms with Crippen LogP contribution in [0.2, 0.25) is 0 Å². The number of ether oxygens (including phenoxy) is 1. The Hall–Kier alpha value is -2.63. The van der Waals surface area contributed by atoms with E-state index in [-0.39, 0.29) is 5.82 Å². The van der Waals surface area contributed by atoms with Crippen LogP contribution in [0.3, 0.4) is 0 Å². The summed E-state index contributed by atoms with van der Waals surface area (Å²) in [5.41, 5.74) is 7.50. The molecule has 3 N–H and O–H groups in total. The molecule has 19 heavy (non-hydrogen) atoms. The number of hydrogen-bond donors (Lipinski definition) is 2. The van der Waals surface area contributed by atoms with Crippen molar-refractivity contribution in [3.63, 3.8) is 0 Å². The number of nitrogens with two attached hydrogens (primary N) is 1. The van der Waals surface area contributed by atoms with Gasteiger partial charge in [-0.3, -0.25) is 0 Å². The Morgan fingerprint density at radius 1 is 1.37 bits per heavy atom. The first-order chi connectivity index (χ1) is 9.20. The maximum atomic E-state index is 11.3. The number of aromatic nitrogens is 2. The third kappa shape index (κ3) is 3.19. The van der Waals surface area contributed by atoms with Crippen LogP contribution in [-0.4, -0.2) is 23.0 Å². The molecule has 0 fully saturated rings. The predicted molar refractivity (Wildman–Crippen MR) is 71.6 cm³/mol. The quantitative estimate of drug-likeness (QED) is 0.637. The topological polar surface area (TPSA) is 90.1 Å². The van der Waals surface area contributed by atoms with Gasteiger partial charge in [0, 0.05) is 18.4 Å². The number of anilines is 2. The van der Waals surface area contributed by atoms with Gasteiger partial charge in [0.25, 0.3) is 0 Å². The van der Waals surface area contributed by atoms with E-state index in [2.05, 4.69) is 20.0 Å². The lowest BCUT2D eigenvalue weighted by Gasteiger charge is -2.08. The lowest BCUT2D eigenvalue weighted by Crippen LogP contribution is -2.10. The highest BCUT2D eigenvalue weighted by Gasteiger charge is 2.09. The molecule has 0 aliphatic rings. The van der Waals surface area contributed by atoms with Crippen LogP contribution in [0.25, 0.3) is 0 Å². The molecule has 98 valence electrons. The maximum Gasteiger partial charge on any atom is 0.376 e. The summed E-state index contributed by atoms with van der Waals surface area (Å²) in [6.07, 6.45) is 1.50. The van der Waals surface area contributed by atoms with Crippen LogP contribution < -0.4 is 11.1 Å². The minimum absolute atomic E-state index is 0.0218. The second kappa shape index (κ2) is 5.81. The van der Waals surface area contributed by atoms with E-state index in [1.54, 1.807) is 6.07 Å². The number of methoxy groups -OCH3 is 1. The van der Waals surface area contributed by atoms with E-state index in [9.17, 15) is 4.79 Å². The number of carbonyl (C=O) groups is 1. The van der Waals surface area contributed by atoms with Gasteiger partial charge in [-0.1, -0.05) is 18.2 Å². The summed E-state index contributed by atoms with van der Waals surface area (Å²) in [5.74, 6) is -0.00457. The van der Waals surface area contributed by atoms with Crippen LogP contribution in [0.5, 0.6) is 0 Å². The zero-order valence-electron chi connectivity index (χ0n) is 10.5. The molecular formula is C13H14N4O2. The van der Waals surface area contributed by atoms with Crippen LogP contribution in [0.15, 0.2) is 36.5 Å². The van der Waals surface area contributed by atoms with Gasteiger partial charge < -0.3 is 15.8 Å². The molecule has 0 aliphatic carbocycles. The highest BCUT2D eigenvalue weighted by Crippen LogP contribution is 2.12. The monoisotopic (exact) mass is 258 g/mol. The minimum atomic E-state index is -0.567. The van der Waals surface area contributed by atoms with Crippen LogP contribution in [0.4, 0.5) is 11.5 Å². The van der Waals surface area contributed by atoms with Gasteiger partial charge in [0.2, 0.25) is 5.82 Å². The predicted octanol–water partition coefficient (Wildman–Crippen LogP) is 1.46. The first-order valence-electron chi connectivity index (χ1n) is 5.69. The molecule has 1 aromatic heterocycles. The summed E-state index contributed by atoms with van der Waals surface area (Å²) in [5, 5.41) is 3.08. The van der Waals surface area contributed by atoms with Crippen LogP contribution in [0, 0.1) is 0 Å². The lowest BCUT2D eigenvalue weighted by atomic mass is 10.2. The molecule has 2 rings (SSSR count). The molecule has 0 aliphatic heterocycles. The Bertz CT molecular complexity index is 586. The van der Waals surface area contributed by atoms with Crippen molar-refractivity contribution in [1.29, 1.82) is 0 Å². The Balaban J connectivity index is 2.08. The van der Waals surface area contributed by atoms with Crippen LogP contribution in [-0.2, 0) is 11.3 Å². The molecule has 1 aromatic carbocycles. The van der Waals surface area contributed by atoms with Crippen molar-refractivity contribution in [1.82, 2.24) is 9.97 Å². The Labute approximate surface area is 110 Å². The third-order valence-corrected chi connectivity index (χ3v) is 2.54. The van der Waals surface area contributed by atoms with Crippen molar-refractivity contribution in [2.45, 2.75) is 6.54 Å². The molecule has 1 heterocycles. The molecule has 6 nitrogen and oxygen atoms in total. The van der Waals surface area contributed by atoms with E-state index in [0.717, 1.165) is 5.56 Å². The standard InChI is InChI=1S/C13H14N4O2/c1-19-13(18)12-15-7-6-11(17-12)16-8-9-4-2-3-5-10(9)14/h2-7H,8,14H2,1H3,(H,15,16,17). The Morgan fingerprint density at radius 3 is 2.89 bits per heavy atom. The fraction of sp³-hybridized carbons (Fsp3) is 0.154. The van der Waals surface area contributed by atoms with Crippen molar-refractivity contribution < 1.29 is 9.53 Å². The molecular weight excluding hydrogens is 244 g/mol. The van der Waals surface area contributed by atoms with Gasteiger partial charge >= 0.3 is 5.97 Å². The zero-order valence-corrected chi connectivity index (χ0v) is 10.5. The van der Waals surface area contributed by atoms with E-state index < -0.39 is 5.97 Å². The van der Waals surface area contributed by atoms with Gasteiger partial charge in [-0.15, -0.1) is 0 Å². The molecule has 0 spiro atoms. The van der Waals surface area contributed by atoms with Crippen molar-refractivity contribution in [2.24, 2.45) is 0 Å². The fourth-order valence-electron chi connectivity index (χ4n) is 1.53. The largest absolute Gasteiger partial charge is 0.463 e. The normalized spacial score (nSPS) is 9.95. The number of nitrogen functional groups attached to an aromatic ring is 1. The van der Waals surface area contributed by atoms with Gasteiger partial charge in [-0.05, 0) is 17.7 Å². The number of para-hydroxylation sites is 1. The molecule has 0 saturated heterocycles. The van der Waals surface area contributed by atoms with Gasteiger partial charge in [0.1, 0.15) is 5.82 Å². The summed E-state index contributed by atoms with van der Waals surface area (Å²) in [7, 11) is 1.29. The molecule has 0 radical (unpaired) electrons.